The van der Waals surface area contributed by atoms with Gasteiger partial charge in [-0.2, -0.15) is 0 Å². The van der Waals surface area contributed by atoms with Crippen molar-refractivity contribution < 1.29 is 41.0 Å². The number of hydrogen-bond donors (Lipinski definition) is 0. The molecule has 0 radical (unpaired) electrons. The Labute approximate surface area is 160 Å². The van der Waals surface area contributed by atoms with Crippen molar-refractivity contribution in [2.24, 2.45) is 0 Å². The highest BCUT2D eigenvalue weighted by Crippen LogP contribution is 2.24. The predicted octanol–water partition coefficient (Wildman–Crippen LogP) is 4.85. The van der Waals surface area contributed by atoms with Gasteiger partial charge in [0.05, 0.1) is 5.56 Å². The van der Waals surface area contributed by atoms with E-state index in [0.717, 1.165) is 0 Å². The lowest BCUT2D eigenvalue weighted by Crippen LogP contribution is -2.12. The van der Waals surface area contributed by atoms with E-state index < -0.39 is 53.2 Å². The van der Waals surface area contributed by atoms with Crippen molar-refractivity contribution in [1.82, 2.24) is 0 Å². The van der Waals surface area contributed by atoms with Gasteiger partial charge in [0.25, 0.3) is 0 Å². The fourth-order valence-electron chi connectivity index (χ4n) is 2.09. The third-order valence-electron chi connectivity index (χ3n) is 3.47. The van der Waals surface area contributed by atoms with E-state index in [1.165, 1.54) is 12.1 Å². The van der Waals surface area contributed by atoms with Gasteiger partial charge < -0.3 is 9.47 Å². The van der Waals surface area contributed by atoms with Crippen molar-refractivity contribution in [3.05, 3.63) is 63.9 Å². The van der Waals surface area contributed by atoms with Crippen molar-refractivity contribution in [3.8, 4) is 5.75 Å². The molecule has 150 valence electrons. The van der Waals surface area contributed by atoms with Crippen LogP contribution >= 0.6 is 11.6 Å². The Kier molecular flexibility index (Phi) is 7.33. The number of rotatable bonds is 7. The van der Waals surface area contributed by atoms with Gasteiger partial charge in [-0.3, -0.25) is 9.59 Å². The number of hydrogen-bond acceptors (Lipinski definition) is 4. The van der Waals surface area contributed by atoms with Gasteiger partial charge in [-0.1, -0.05) is 17.7 Å². The maximum absolute atomic E-state index is 13.5. The van der Waals surface area contributed by atoms with Gasteiger partial charge >= 0.3 is 11.9 Å². The standard InChI is InChI=1S/C18H12ClF5O4/c19-9-3-1-4-10(7-9)28-13(26)6-2-5-12(25)27-8-11-14(20)16(22)18(24)17(23)15(11)21/h1,3-4,7H,2,5-6,8H2. The Hall–Kier alpha value is -2.68. The second-order valence-corrected chi connectivity index (χ2v) is 5.93. The molecule has 0 fully saturated rings. The molecule has 0 atom stereocenters. The molecule has 0 N–H and O–H groups in total. The Morgan fingerprint density at radius 1 is 0.857 bits per heavy atom. The van der Waals surface area contributed by atoms with Crippen LogP contribution in [0.2, 0.25) is 5.02 Å². The second-order valence-electron chi connectivity index (χ2n) is 5.49. The molecule has 0 amide bonds. The molecule has 0 aliphatic carbocycles. The van der Waals surface area contributed by atoms with Gasteiger partial charge in [-0.15, -0.1) is 0 Å². The molecule has 0 aromatic heterocycles. The van der Waals surface area contributed by atoms with E-state index in [1.807, 2.05) is 0 Å². The molecule has 0 bridgehead atoms. The van der Waals surface area contributed by atoms with Crippen LogP contribution in [0.3, 0.4) is 0 Å². The highest BCUT2D eigenvalue weighted by Gasteiger charge is 2.26. The van der Waals surface area contributed by atoms with Crippen LogP contribution in [0, 0.1) is 29.1 Å². The summed E-state index contributed by atoms with van der Waals surface area (Å²) in [4.78, 5) is 23.2. The van der Waals surface area contributed by atoms with E-state index in [1.54, 1.807) is 12.1 Å². The first-order valence-electron chi connectivity index (χ1n) is 7.83. The number of carbonyl (C=O) groups excluding carboxylic acids is 2. The minimum atomic E-state index is -2.30. The summed E-state index contributed by atoms with van der Waals surface area (Å²) in [5.74, 6) is -12.1. The van der Waals surface area contributed by atoms with Gasteiger partial charge in [0.1, 0.15) is 12.4 Å². The lowest BCUT2D eigenvalue weighted by Gasteiger charge is -2.09. The van der Waals surface area contributed by atoms with E-state index in [4.69, 9.17) is 16.3 Å². The molecule has 0 aliphatic rings. The second kappa shape index (κ2) is 9.50. The molecule has 0 saturated carbocycles. The highest BCUT2D eigenvalue weighted by atomic mass is 35.5. The Morgan fingerprint density at radius 2 is 1.43 bits per heavy atom. The van der Waals surface area contributed by atoms with Crippen molar-refractivity contribution >= 4 is 23.5 Å². The van der Waals surface area contributed by atoms with Crippen molar-refractivity contribution in [1.29, 1.82) is 0 Å². The Bertz CT molecular complexity index is 875. The van der Waals surface area contributed by atoms with Crippen LogP contribution in [0.4, 0.5) is 22.0 Å². The van der Waals surface area contributed by atoms with Crippen LogP contribution in [-0.4, -0.2) is 11.9 Å². The molecule has 2 aromatic rings. The number of halogens is 6. The summed E-state index contributed by atoms with van der Waals surface area (Å²) in [5.41, 5.74) is -1.26. The van der Waals surface area contributed by atoms with Crippen LogP contribution in [0.25, 0.3) is 0 Å². The summed E-state index contributed by atoms with van der Waals surface area (Å²) in [6.07, 6.45) is -0.528. The molecule has 0 spiro atoms. The van der Waals surface area contributed by atoms with Crippen LogP contribution in [0.15, 0.2) is 24.3 Å². The number of carbonyl (C=O) groups is 2. The van der Waals surface area contributed by atoms with Crippen LogP contribution in [-0.2, 0) is 20.9 Å². The summed E-state index contributed by atoms with van der Waals surface area (Å²) in [6, 6.07) is 6.07. The normalized spacial score (nSPS) is 10.6. The molecule has 0 aliphatic heterocycles. The molecule has 0 unspecified atom stereocenters. The minimum Gasteiger partial charge on any atom is -0.461 e. The Balaban J connectivity index is 1.81. The van der Waals surface area contributed by atoms with Gasteiger partial charge in [0.2, 0.25) is 5.82 Å². The van der Waals surface area contributed by atoms with Crippen molar-refractivity contribution in [2.45, 2.75) is 25.9 Å². The van der Waals surface area contributed by atoms with Crippen LogP contribution in [0.5, 0.6) is 5.75 Å². The average Bonchev–Trinajstić information content (AvgIpc) is 2.64. The molecule has 0 saturated heterocycles. The predicted molar refractivity (Wildman–Crippen MR) is 87.0 cm³/mol. The van der Waals surface area contributed by atoms with E-state index >= 15 is 0 Å². The SMILES string of the molecule is O=C(CCCC(=O)Oc1cccc(Cl)c1)OCc1c(F)c(F)c(F)c(F)c1F. The summed E-state index contributed by atoms with van der Waals surface area (Å²) in [5, 5.41) is 0.363. The molecule has 2 rings (SSSR count). The summed E-state index contributed by atoms with van der Waals surface area (Å²) in [7, 11) is 0. The molecular weight excluding hydrogens is 411 g/mol. The number of esters is 2. The zero-order valence-electron chi connectivity index (χ0n) is 14.0. The summed E-state index contributed by atoms with van der Waals surface area (Å²) in [6.45, 7) is -1.14. The van der Waals surface area contributed by atoms with Crippen molar-refractivity contribution in [3.63, 3.8) is 0 Å². The molecule has 2 aromatic carbocycles. The zero-order chi connectivity index (χ0) is 20.8. The molecule has 28 heavy (non-hydrogen) atoms. The van der Waals surface area contributed by atoms with Crippen LogP contribution < -0.4 is 4.74 Å². The van der Waals surface area contributed by atoms with E-state index in [2.05, 4.69) is 4.74 Å². The fraction of sp³-hybridized carbons (Fsp3) is 0.222. The van der Waals surface area contributed by atoms with Crippen molar-refractivity contribution in [2.75, 3.05) is 0 Å². The molecule has 10 heteroatoms. The number of benzene rings is 2. The van der Waals surface area contributed by atoms with E-state index in [-0.39, 0.29) is 25.0 Å². The highest BCUT2D eigenvalue weighted by molar-refractivity contribution is 6.30. The molecule has 4 nitrogen and oxygen atoms in total. The first-order chi connectivity index (χ1) is 13.2. The summed E-state index contributed by atoms with van der Waals surface area (Å²) >= 11 is 5.74. The number of ether oxygens (including phenoxy) is 2. The average molecular weight is 423 g/mol. The smallest absolute Gasteiger partial charge is 0.311 e. The summed E-state index contributed by atoms with van der Waals surface area (Å²) < 4.78 is 75.5. The third kappa shape index (κ3) is 5.41. The first kappa shape index (κ1) is 21.6. The lowest BCUT2D eigenvalue weighted by molar-refractivity contribution is -0.145. The van der Waals surface area contributed by atoms with Gasteiger partial charge in [0.15, 0.2) is 23.3 Å². The molecular formula is C18H12ClF5O4. The third-order valence-corrected chi connectivity index (χ3v) is 3.70. The zero-order valence-corrected chi connectivity index (χ0v) is 14.8. The topological polar surface area (TPSA) is 52.6 Å². The van der Waals surface area contributed by atoms with Gasteiger partial charge in [0, 0.05) is 17.9 Å². The maximum atomic E-state index is 13.5. The quantitative estimate of drug-likeness (QED) is 0.210. The van der Waals surface area contributed by atoms with Crippen LogP contribution in [0.1, 0.15) is 24.8 Å². The molecule has 0 heterocycles. The van der Waals surface area contributed by atoms with E-state index in [0.29, 0.717) is 5.02 Å². The van der Waals surface area contributed by atoms with E-state index in [9.17, 15) is 31.5 Å². The van der Waals surface area contributed by atoms with Gasteiger partial charge in [-0.25, -0.2) is 22.0 Å². The minimum absolute atomic E-state index is 0.0185. The maximum Gasteiger partial charge on any atom is 0.311 e. The monoisotopic (exact) mass is 422 g/mol. The fourth-order valence-corrected chi connectivity index (χ4v) is 2.27. The lowest BCUT2D eigenvalue weighted by atomic mass is 10.2. The Morgan fingerprint density at radius 3 is 2.04 bits per heavy atom. The largest absolute Gasteiger partial charge is 0.461 e. The first-order valence-corrected chi connectivity index (χ1v) is 8.20. The van der Waals surface area contributed by atoms with Gasteiger partial charge in [-0.05, 0) is 24.6 Å².